The average Bonchev–Trinajstić information content (AvgIpc) is 2.20. The van der Waals surface area contributed by atoms with Crippen molar-refractivity contribution < 1.29 is 19.1 Å². The van der Waals surface area contributed by atoms with Crippen molar-refractivity contribution in [2.45, 2.75) is 13.3 Å². The lowest BCUT2D eigenvalue weighted by molar-refractivity contribution is -0.131. The van der Waals surface area contributed by atoms with Gasteiger partial charge in [0.15, 0.2) is 0 Å². The average molecular weight is 275 g/mol. The largest absolute Gasteiger partial charge is 0.475 e. The monoisotopic (exact) mass is 274 g/mol. The van der Waals surface area contributed by atoms with Crippen LogP contribution in [0.4, 0.5) is 4.39 Å². The molecule has 0 unspecified atom stereocenters. The van der Waals surface area contributed by atoms with Gasteiger partial charge in [-0.25, -0.2) is 9.18 Å². The zero-order valence-electron chi connectivity index (χ0n) is 7.88. The molecule has 0 heterocycles. The van der Waals surface area contributed by atoms with Gasteiger partial charge in [0.1, 0.15) is 5.82 Å². The lowest BCUT2D eigenvalue weighted by atomic mass is 10.1. The Bertz CT molecular complexity index is 429. The summed E-state index contributed by atoms with van der Waals surface area (Å²) in [6.07, 6.45) is 0.596. The molecule has 1 aromatic rings. The summed E-state index contributed by atoms with van der Waals surface area (Å²) >= 11 is 2.93. The maximum absolute atomic E-state index is 13.4. The molecule has 0 saturated heterocycles. The quantitative estimate of drug-likeness (QED) is 0.680. The van der Waals surface area contributed by atoms with E-state index in [0.717, 1.165) is 0 Å². The summed E-state index contributed by atoms with van der Waals surface area (Å²) in [4.78, 5) is 21.6. The van der Waals surface area contributed by atoms with Gasteiger partial charge in [0, 0.05) is 0 Å². The van der Waals surface area contributed by atoms with E-state index in [1.807, 2.05) is 6.92 Å². The number of carbonyl (C=O) groups excluding carboxylic acids is 1. The van der Waals surface area contributed by atoms with E-state index in [9.17, 15) is 14.0 Å². The number of carboxylic acid groups (broad SMARTS) is 1. The normalized spacial score (nSPS) is 10.1. The molecule has 0 aliphatic carbocycles. The molecule has 0 saturated carbocycles. The van der Waals surface area contributed by atoms with Crippen LogP contribution in [0.15, 0.2) is 16.6 Å². The number of benzene rings is 1. The van der Waals surface area contributed by atoms with E-state index < -0.39 is 23.1 Å². The van der Waals surface area contributed by atoms with Gasteiger partial charge in [-0.1, -0.05) is 6.92 Å². The summed E-state index contributed by atoms with van der Waals surface area (Å²) in [5.41, 5.74) is 0.293. The number of hydrogen-bond acceptors (Lipinski definition) is 2. The number of halogens is 2. The highest BCUT2D eigenvalue weighted by atomic mass is 79.9. The minimum Gasteiger partial charge on any atom is -0.475 e. The van der Waals surface area contributed by atoms with Crippen LogP contribution >= 0.6 is 15.9 Å². The summed E-state index contributed by atoms with van der Waals surface area (Å²) in [5, 5.41) is 8.48. The molecular weight excluding hydrogens is 267 g/mol. The molecule has 0 aliphatic rings. The van der Waals surface area contributed by atoms with Gasteiger partial charge in [-0.15, -0.1) is 0 Å². The van der Waals surface area contributed by atoms with E-state index in [-0.39, 0.29) is 4.47 Å². The Labute approximate surface area is 94.0 Å². The summed E-state index contributed by atoms with van der Waals surface area (Å²) in [6, 6.07) is 2.78. The molecule has 3 nitrogen and oxygen atoms in total. The fraction of sp³-hybridized carbons (Fsp3) is 0.200. The summed E-state index contributed by atoms with van der Waals surface area (Å²) in [5.74, 6) is -3.72. The predicted octanol–water partition coefficient (Wildman–Crippen LogP) is 2.42. The Morgan fingerprint density at radius 2 is 2.07 bits per heavy atom. The predicted molar refractivity (Wildman–Crippen MR) is 55.4 cm³/mol. The second kappa shape index (κ2) is 4.53. The Morgan fingerprint density at radius 3 is 2.53 bits per heavy atom. The van der Waals surface area contributed by atoms with Crippen LogP contribution in [-0.4, -0.2) is 16.9 Å². The Morgan fingerprint density at radius 1 is 1.47 bits per heavy atom. The number of Topliss-reactive ketones (excluding diaryl/α,β-unsaturated/α-hetero) is 1. The lowest BCUT2D eigenvalue weighted by Crippen LogP contribution is -2.15. The number of carbonyl (C=O) groups is 2. The molecule has 1 N–H and O–H groups in total. The molecule has 0 bridgehead atoms. The third kappa shape index (κ3) is 2.41. The first-order chi connectivity index (χ1) is 6.97. The maximum Gasteiger partial charge on any atom is 0.377 e. The Balaban J connectivity index is 3.34. The molecule has 1 aromatic carbocycles. The van der Waals surface area contributed by atoms with Crippen molar-refractivity contribution in [3.8, 4) is 0 Å². The second-order valence-corrected chi connectivity index (χ2v) is 3.78. The zero-order chi connectivity index (χ0) is 11.6. The van der Waals surface area contributed by atoms with Crippen LogP contribution in [0.5, 0.6) is 0 Å². The van der Waals surface area contributed by atoms with Gasteiger partial charge in [-0.05, 0) is 40.0 Å². The van der Waals surface area contributed by atoms with Crippen molar-refractivity contribution >= 4 is 27.7 Å². The van der Waals surface area contributed by atoms with Crippen LogP contribution in [0, 0.1) is 5.82 Å². The Hall–Kier alpha value is -1.23. The summed E-state index contributed by atoms with van der Waals surface area (Å²) in [7, 11) is 0. The van der Waals surface area contributed by atoms with Gasteiger partial charge < -0.3 is 5.11 Å². The molecule has 5 heteroatoms. The molecular formula is C10H8BrFO3. The second-order valence-electron chi connectivity index (χ2n) is 2.93. The van der Waals surface area contributed by atoms with Crippen LogP contribution in [0.2, 0.25) is 0 Å². The van der Waals surface area contributed by atoms with Crippen molar-refractivity contribution in [1.29, 1.82) is 0 Å². The van der Waals surface area contributed by atoms with E-state index in [0.29, 0.717) is 12.0 Å². The van der Waals surface area contributed by atoms with E-state index >= 15 is 0 Å². The smallest absolute Gasteiger partial charge is 0.377 e. The van der Waals surface area contributed by atoms with Crippen LogP contribution in [-0.2, 0) is 11.2 Å². The first-order valence-electron chi connectivity index (χ1n) is 4.23. The van der Waals surface area contributed by atoms with Gasteiger partial charge >= 0.3 is 5.97 Å². The molecule has 0 aliphatic heterocycles. The fourth-order valence-corrected chi connectivity index (χ4v) is 1.64. The van der Waals surface area contributed by atoms with Gasteiger partial charge in [0.05, 0.1) is 10.0 Å². The number of carboxylic acids is 1. The minimum absolute atomic E-state index is 0.103. The van der Waals surface area contributed by atoms with E-state index in [1.165, 1.54) is 12.1 Å². The fourth-order valence-electron chi connectivity index (χ4n) is 1.13. The number of aryl methyl sites for hydroxylation is 1. The molecule has 0 atom stereocenters. The van der Waals surface area contributed by atoms with Crippen molar-refractivity contribution in [3.05, 3.63) is 33.5 Å². The molecule has 15 heavy (non-hydrogen) atoms. The maximum atomic E-state index is 13.4. The molecule has 0 aromatic heterocycles. The van der Waals surface area contributed by atoms with E-state index in [1.54, 1.807) is 0 Å². The van der Waals surface area contributed by atoms with Gasteiger partial charge in [0.25, 0.3) is 5.78 Å². The van der Waals surface area contributed by atoms with Crippen molar-refractivity contribution in [2.24, 2.45) is 0 Å². The highest BCUT2D eigenvalue weighted by Gasteiger charge is 2.21. The molecule has 1 rings (SSSR count). The highest BCUT2D eigenvalue weighted by molar-refractivity contribution is 9.10. The third-order valence-electron chi connectivity index (χ3n) is 1.94. The first-order valence-corrected chi connectivity index (χ1v) is 5.02. The molecule has 0 amide bonds. The third-order valence-corrected chi connectivity index (χ3v) is 2.51. The van der Waals surface area contributed by atoms with Crippen molar-refractivity contribution in [3.63, 3.8) is 0 Å². The zero-order valence-corrected chi connectivity index (χ0v) is 9.47. The van der Waals surface area contributed by atoms with E-state index in [4.69, 9.17) is 5.11 Å². The van der Waals surface area contributed by atoms with Crippen LogP contribution in [0.25, 0.3) is 0 Å². The minimum atomic E-state index is -1.66. The topological polar surface area (TPSA) is 54.4 Å². The number of aliphatic carboxylic acids is 1. The molecule has 0 spiro atoms. The van der Waals surface area contributed by atoms with Crippen molar-refractivity contribution in [1.82, 2.24) is 0 Å². The molecule has 80 valence electrons. The van der Waals surface area contributed by atoms with Gasteiger partial charge in [0.2, 0.25) is 0 Å². The lowest BCUT2D eigenvalue weighted by Gasteiger charge is -2.04. The van der Waals surface area contributed by atoms with Gasteiger partial charge in [-0.3, -0.25) is 4.79 Å². The first kappa shape index (κ1) is 11.8. The summed E-state index contributed by atoms with van der Waals surface area (Å²) in [6.45, 7) is 1.83. The van der Waals surface area contributed by atoms with Crippen molar-refractivity contribution in [2.75, 3.05) is 0 Å². The van der Waals surface area contributed by atoms with Crippen LogP contribution in [0.3, 0.4) is 0 Å². The van der Waals surface area contributed by atoms with Crippen LogP contribution < -0.4 is 0 Å². The van der Waals surface area contributed by atoms with Gasteiger partial charge in [-0.2, -0.15) is 0 Å². The standard InChI is InChI=1S/C10H8BrFO3/c1-2-5-3-6(9(13)10(14)15)8(12)7(11)4-5/h3-4H,2H2,1H3,(H,14,15). The Kier molecular flexibility index (Phi) is 3.57. The SMILES string of the molecule is CCc1cc(Br)c(F)c(C(=O)C(=O)O)c1. The number of hydrogen-bond donors (Lipinski definition) is 1. The number of ketones is 1. The van der Waals surface area contributed by atoms with E-state index in [2.05, 4.69) is 15.9 Å². The summed E-state index contributed by atoms with van der Waals surface area (Å²) < 4.78 is 13.5. The van der Waals surface area contributed by atoms with Crippen LogP contribution in [0.1, 0.15) is 22.8 Å². The number of rotatable bonds is 3. The molecule has 0 radical (unpaired) electrons. The molecule has 0 fully saturated rings. The highest BCUT2D eigenvalue weighted by Crippen LogP contribution is 2.22.